The van der Waals surface area contributed by atoms with Gasteiger partial charge in [-0.25, -0.2) is 0 Å². The predicted octanol–water partition coefficient (Wildman–Crippen LogP) is 13.0. The molecule has 256 valence electrons. The van der Waals surface area contributed by atoms with Crippen molar-refractivity contribution in [2.75, 3.05) is 0 Å². The van der Waals surface area contributed by atoms with Gasteiger partial charge in [-0.2, -0.15) is 0 Å². The zero-order valence-corrected chi connectivity index (χ0v) is 31.2. The molecule has 0 saturated heterocycles. The fraction of sp³-hybridized carbons (Fsp3) is 0.137. The highest BCUT2D eigenvalue weighted by Crippen LogP contribution is 2.56. The largest absolute Gasteiger partial charge is 0.456 e. The molecule has 1 aliphatic rings. The first kappa shape index (κ1) is 34.5. The summed E-state index contributed by atoms with van der Waals surface area (Å²) in [5.74, 6) is 0.931. The summed E-state index contributed by atoms with van der Waals surface area (Å²) in [4.78, 5) is 0. The van der Waals surface area contributed by atoms with Crippen molar-refractivity contribution in [3.63, 3.8) is 0 Å². The Morgan fingerprint density at radius 1 is 0.712 bits per heavy atom. The van der Waals surface area contributed by atoms with Crippen molar-refractivity contribution in [3.05, 3.63) is 179 Å². The molecule has 6 aromatic rings. The van der Waals surface area contributed by atoms with E-state index in [9.17, 15) is 0 Å². The Labute approximate surface area is 308 Å². The zero-order valence-electron chi connectivity index (χ0n) is 31.2. The van der Waals surface area contributed by atoms with Crippen molar-refractivity contribution in [3.8, 4) is 33.4 Å². The van der Waals surface area contributed by atoms with Crippen molar-refractivity contribution in [1.29, 1.82) is 0 Å². The highest BCUT2D eigenvalue weighted by molar-refractivity contribution is 6.17. The molecule has 1 heteroatoms. The summed E-state index contributed by atoms with van der Waals surface area (Å²) in [6, 6.07) is 37.5. The van der Waals surface area contributed by atoms with Gasteiger partial charge in [-0.05, 0) is 111 Å². The fourth-order valence-electron chi connectivity index (χ4n) is 8.17. The normalized spacial score (nSPS) is 14.0. The molecule has 1 nitrogen and oxygen atoms in total. The Bertz CT molecular complexity index is 2650. The topological polar surface area (TPSA) is 13.1 Å². The van der Waals surface area contributed by atoms with Crippen LogP contribution in [0.25, 0.3) is 78.9 Å². The summed E-state index contributed by atoms with van der Waals surface area (Å²) < 4.78 is 6.63. The predicted molar refractivity (Wildman–Crippen MR) is 227 cm³/mol. The van der Waals surface area contributed by atoms with Gasteiger partial charge in [0.05, 0.1) is 0 Å². The van der Waals surface area contributed by atoms with Crippen molar-refractivity contribution < 1.29 is 4.42 Å². The first-order chi connectivity index (χ1) is 25.2. The van der Waals surface area contributed by atoms with Crippen LogP contribution in [0.15, 0.2) is 145 Å². The van der Waals surface area contributed by atoms with Crippen LogP contribution in [0.3, 0.4) is 0 Å². The van der Waals surface area contributed by atoms with Crippen molar-refractivity contribution in [1.82, 2.24) is 0 Å². The molecule has 0 spiro atoms. The fourth-order valence-corrected chi connectivity index (χ4v) is 8.17. The lowest BCUT2D eigenvalue weighted by Crippen LogP contribution is -2.27. The molecule has 0 aliphatic heterocycles. The molecule has 1 aliphatic carbocycles. The third-order valence-corrected chi connectivity index (χ3v) is 10.6. The van der Waals surface area contributed by atoms with Gasteiger partial charge in [-0.3, -0.25) is 0 Å². The van der Waals surface area contributed by atoms with Gasteiger partial charge in [0, 0.05) is 21.8 Å². The summed E-state index contributed by atoms with van der Waals surface area (Å²) in [7, 11) is 0. The maximum atomic E-state index is 6.63. The average Bonchev–Trinajstić information content (AvgIpc) is 3.61. The molecule has 0 amide bonds. The lowest BCUT2D eigenvalue weighted by Gasteiger charge is -2.23. The molecule has 0 radical (unpaired) electrons. The highest BCUT2D eigenvalue weighted by Gasteiger charge is 2.40. The average molecular weight is 675 g/mol. The van der Waals surface area contributed by atoms with Crippen LogP contribution < -0.4 is 10.4 Å². The van der Waals surface area contributed by atoms with Gasteiger partial charge in [0.25, 0.3) is 0 Å². The van der Waals surface area contributed by atoms with Crippen LogP contribution in [0.4, 0.5) is 0 Å². The van der Waals surface area contributed by atoms with E-state index in [-0.39, 0.29) is 5.41 Å². The van der Waals surface area contributed by atoms with E-state index in [2.05, 4.69) is 175 Å². The first-order valence-electron chi connectivity index (χ1n) is 18.2. The third kappa shape index (κ3) is 5.67. The molecule has 0 unspecified atom stereocenters. The second-order valence-electron chi connectivity index (χ2n) is 14.0. The van der Waals surface area contributed by atoms with E-state index in [0.29, 0.717) is 0 Å². The molecule has 1 aromatic heterocycles. The molecular weight excluding hydrogens is 629 g/mol. The van der Waals surface area contributed by atoms with Gasteiger partial charge in [-0.15, -0.1) is 0 Å². The van der Waals surface area contributed by atoms with E-state index in [4.69, 9.17) is 4.42 Å². The minimum Gasteiger partial charge on any atom is -0.456 e. The van der Waals surface area contributed by atoms with E-state index in [1.165, 1.54) is 65.7 Å². The monoisotopic (exact) mass is 674 g/mol. The summed E-state index contributed by atoms with van der Waals surface area (Å²) in [6.45, 7) is 21.3. The van der Waals surface area contributed by atoms with E-state index < -0.39 is 0 Å². The number of hydrogen-bond donors (Lipinski definition) is 0. The van der Waals surface area contributed by atoms with Gasteiger partial charge in [0.1, 0.15) is 11.3 Å². The molecule has 1 heterocycles. The Morgan fingerprint density at radius 2 is 1.33 bits per heavy atom. The Balaban J connectivity index is 1.50. The Kier molecular flexibility index (Phi) is 9.30. The zero-order chi connectivity index (χ0) is 36.6. The minimum absolute atomic E-state index is 0.213. The Morgan fingerprint density at radius 3 is 1.96 bits per heavy atom. The maximum Gasteiger partial charge on any atom is 0.143 e. The van der Waals surface area contributed by atoms with Crippen molar-refractivity contribution in [2.24, 2.45) is 0 Å². The number of allylic oxidation sites excluding steroid dienone is 5. The molecule has 0 atom stereocenters. The molecule has 52 heavy (non-hydrogen) atoms. The third-order valence-electron chi connectivity index (χ3n) is 10.6. The first-order valence-corrected chi connectivity index (χ1v) is 18.2. The number of rotatable bonds is 6. The molecule has 7 rings (SSSR count). The van der Waals surface area contributed by atoms with Crippen molar-refractivity contribution >= 4 is 45.5 Å². The van der Waals surface area contributed by atoms with Gasteiger partial charge in [-0.1, -0.05) is 161 Å². The summed E-state index contributed by atoms with van der Waals surface area (Å²) in [5, 5.41) is 6.00. The molecule has 0 bridgehead atoms. The molecule has 0 N–H and O–H groups in total. The van der Waals surface area contributed by atoms with Crippen LogP contribution in [0.5, 0.6) is 0 Å². The lowest BCUT2D eigenvalue weighted by atomic mass is 9.79. The second kappa shape index (κ2) is 14.0. The molecular formula is C51H46O. The number of benzene rings is 4. The van der Waals surface area contributed by atoms with Crippen LogP contribution in [-0.2, 0) is 5.41 Å². The molecule has 0 fully saturated rings. The Hall–Kier alpha value is -5.92. The molecule has 5 aromatic carbocycles. The molecule has 0 saturated carbocycles. The smallest absolute Gasteiger partial charge is 0.143 e. The van der Waals surface area contributed by atoms with Gasteiger partial charge < -0.3 is 4.42 Å². The summed E-state index contributed by atoms with van der Waals surface area (Å²) in [5.41, 5.74) is 14.0. The number of fused-ring (bicyclic) bond motifs is 8. The van der Waals surface area contributed by atoms with Gasteiger partial charge >= 0.3 is 0 Å². The van der Waals surface area contributed by atoms with Gasteiger partial charge in [0.15, 0.2) is 0 Å². The maximum absolute atomic E-state index is 6.63. The van der Waals surface area contributed by atoms with E-state index >= 15 is 0 Å². The SMILES string of the molecule is C=C/C=C\C(=C)c1ccc(-c2ccccccc(-c3ccc4c(c3)-c3c(c5c(C)c(/C=C\C)oc5c5ccccc35)C4(C)C)c(=C/C)/c2=C\C)cc1. The number of furan rings is 1. The van der Waals surface area contributed by atoms with Crippen LogP contribution in [0.1, 0.15) is 62.6 Å². The van der Waals surface area contributed by atoms with Crippen LogP contribution in [0, 0.1) is 6.92 Å². The van der Waals surface area contributed by atoms with E-state index in [0.717, 1.165) is 33.4 Å². The minimum atomic E-state index is -0.213. The van der Waals surface area contributed by atoms with Crippen molar-refractivity contribution in [2.45, 2.75) is 47.0 Å². The van der Waals surface area contributed by atoms with E-state index in [1.807, 2.05) is 19.1 Å². The van der Waals surface area contributed by atoms with Gasteiger partial charge in [0.2, 0.25) is 0 Å². The van der Waals surface area contributed by atoms with E-state index in [1.54, 1.807) is 6.08 Å². The number of hydrogen-bond acceptors (Lipinski definition) is 1. The van der Waals surface area contributed by atoms with Crippen LogP contribution in [0.2, 0.25) is 0 Å². The highest BCUT2D eigenvalue weighted by atomic mass is 16.3. The quantitative estimate of drug-likeness (QED) is 0.160. The van der Waals surface area contributed by atoms with Crippen LogP contribution >= 0.6 is 0 Å². The lowest BCUT2D eigenvalue weighted by molar-refractivity contribution is 0.603. The number of aryl methyl sites for hydroxylation is 1. The summed E-state index contributed by atoms with van der Waals surface area (Å²) in [6.07, 6.45) is 14.3. The standard InChI is InChI=1S/C51H46O/c1-9-13-21-33(5)35-26-28-36(29-27-35)40-22-16-14-15-17-23-41(39(12-4)38(40)11-3)37-30-31-45-44(32-37)48-42-24-18-19-25-43(42)50-47(49(48)51(45,7)8)34(6)46(52-50)20-10-2/h9-32H,1,5H2,2-4,6-8H3/b16-14?,17-15?,20-10-,21-13-,38-11+,39-12+,40-22?,41-23?. The second-order valence-corrected chi connectivity index (χ2v) is 14.0. The van der Waals surface area contributed by atoms with Crippen LogP contribution in [-0.4, -0.2) is 0 Å². The summed E-state index contributed by atoms with van der Waals surface area (Å²) >= 11 is 0.